The molecule has 2 aliphatic heterocycles. The number of fused-ring (bicyclic) bond motifs is 2. The summed E-state index contributed by atoms with van der Waals surface area (Å²) < 4.78 is 35.3. The van der Waals surface area contributed by atoms with Gasteiger partial charge in [-0.3, -0.25) is 0 Å². The molecule has 0 aromatic heterocycles. The van der Waals surface area contributed by atoms with Crippen molar-refractivity contribution < 1.29 is 52.6 Å². The van der Waals surface area contributed by atoms with Gasteiger partial charge in [-0.05, 0) is 0 Å². The van der Waals surface area contributed by atoms with Crippen LogP contribution in [-0.2, 0) is 25.3 Å². The van der Waals surface area contributed by atoms with E-state index in [1.54, 1.807) is 48.5 Å². The van der Waals surface area contributed by atoms with E-state index in [-0.39, 0.29) is 38.6 Å². The number of benzene rings is 4. The number of hydrogen-bond donors (Lipinski definition) is 4. The van der Waals surface area contributed by atoms with Gasteiger partial charge in [0.1, 0.15) is 0 Å². The van der Waals surface area contributed by atoms with Crippen molar-refractivity contribution in [3.8, 4) is 59.2 Å². The normalized spacial score (nSPS) is 17.2. The molecule has 0 radical (unpaired) electrons. The van der Waals surface area contributed by atoms with Crippen molar-refractivity contribution >= 4 is 80.1 Å². The van der Waals surface area contributed by atoms with Crippen molar-refractivity contribution in [2.75, 3.05) is 10.6 Å². The van der Waals surface area contributed by atoms with Crippen molar-refractivity contribution in [2.45, 2.75) is 29.1 Å². The van der Waals surface area contributed by atoms with Crippen LogP contribution in [0.2, 0.25) is 9.38 Å². The molecule has 4 aromatic rings. The summed E-state index contributed by atoms with van der Waals surface area (Å²) in [5.74, 6) is -0.428. The first-order valence-corrected chi connectivity index (χ1v) is 29.7. The van der Waals surface area contributed by atoms with Gasteiger partial charge in [-0.1, -0.05) is 0 Å². The molecule has 2 amide bonds. The average molecular weight is 1010 g/mol. The molecule has 0 aliphatic carbocycles. The summed E-state index contributed by atoms with van der Waals surface area (Å²) in [5.41, 5.74) is 1.58. The van der Waals surface area contributed by atoms with Crippen LogP contribution in [0.25, 0.3) is 0 Å². The Hall–Kier alpha value is -6.57. The number of unbranched alkanes of at least 4 members (excludes halogenated alkanes) is 1. The van der Waals surface area contributed by atoms with Crippen molar-refractivity contribution in [1.82, 2.24) is 0 Å². The van der Waals surface area contributed by atoms with E-state index < -0.39 is 80.3 Å². The second-order valence-corrected chi connectivity index (χ2v) is 26.7. The summed E-state index contributed by atoms with van der Waals surface area (Å²) in [5, 5.41) is 27.3. The number of terminal acetylenes is 2. The number of aromatic hydroxyl groups is 2. The quantitative estimate of drug-likeness (QED) is 0.0557. The number of amides is 2. The number of ketones is 1. The minimum absolute atomic E-state index is 0.0543. The van der Waals surface area contributed by atoms with Crippen LogP contribution < -0.4 is 22.9 Å². The van der Waals surface area contributed by atoms with Gasteiger partial charge in [0.2, 0.25) is 0 Å². The summed E-state index contributed by atoms with van der Waals surface area (Å²) in [6.07, 6.45) is 15.8. The van der Waals surface area contributed by atoms with Crippen LogP contribution in [0.4, 0.5) is 11.4 Å². The predicted octanol–water partition coefficient (Wildman–Crippen LogP) is 5.62. The maximum atomic E-state index is 13.8. The first-order valence-electron chi connectivity index (χ1n) is 17.8. The van der Waals surface area contributed by atoms with Crippen LogP contribution >= 0.6 is 0 Å². The number of carbonyl (C=O) groups excluding carboxylic acids is 5. The zero-order valence-corrected chi connectivity index (χ0v) is 37.1. The van der Waals surface area contributed by atoms with E-state index in [1.165, 1.54) is 23.1 Å². The molecule has 2 atom stereocenters. The Morgan fingerprint density at radius 2 is 1.34 bits per heavy atom. The molecule has 6 rings (SSSR count). The molecular weight excluding hydrogens is 978 g/mol. The van der Waals surface area contributed by atoms with Gasteiger partial charge in [0.25, 0.3) is 0 Å². The van der Waals surface area contributed by atoms with Gasteiger partial charge in [0.15, 0.2) is 0 Å². The van der Waals surface area contributed by atoms with E-state index >= 15 is 0 Å². The third-order valence-electron chi connectivity index (χ3n) is 8.46. The topological polar surface area (TPSA) is 205 Å². The van der Waals surface area contributed by atoms with Crippen molar-refractivity contribution in [2.24, 2.45) is 0 Å². The van der Waals surface area contributed by atoms with E-state index in [4.69, 9.17) is 31.3 Å². The van der Waals surface area contributed by atoms with Crippen LogP contribution in [-0.4, -0.2) is 79.0 Å². The van der Waals surface area contributed by atoms with Gasteiger partial charge in [-0.15, -0.1) is 0 Å². The Labute approximate surface area is 348 Å². The third-order valence-corrected chi connectivity index (χ3v) is 20.6. The fraction of sp³-hybridized carbons (Fsp3) is 0.119. The van der Waals surface area contributed by atoms with E-state index in [0.29, 0.717) is 35.3 Å². The number of rotatable bonds is 13. The fourth-order valence-electron chi connectivity index (χ4n) is 5.78. The monoisotopic (exact) mass is 1010 g/mol. The Kier molecular flexibility index (Phi) is 12.8. The molecule has 15 nitrogen and oxygen atoms in total. The van der Waals surface area contributed by atoms with Gasteiger partial charge in [-0.25, -0.2) is 0 Å². The Morgan fingerprint density at radius 3 is 1.93 bits per heavy atom. The Balaban J connectivity index is 1.11. The molecular formula is C42H34N2O13Sn2. The number of anilines is 2. The number of phenolic OH excluding ortho intramolecular Hbond substituents is 2. The van der Waals surface area contributed by atoms with Crippen molar-refractivity contribution in [3.63, 3.8) is 0 Å². The number of carbonyl (C=O) groups is 5. The molecule has 0 bridgehead atoms. The van der Waals surface area contributed by atoms with Gasteiger partial charge >= 0.3 is 351 Å². The summed E-state index contributed by atoms with van der Waals surface area (Å²) >= 11 is -9.61. The molecule has 298 valence electrons. The minimum atomic E-state index is -4.86. The number of nitrogens with one attached hydrogen (secondary N) is 2. The first-order chi connectivity index (χ1) is 28.2. The standard InChI is InChI=1S/C13H10O7.2C12H9NO3.C4H9.CH3.2Sn/c14-7-2-1-6(11(18)13(7)20)10(17)5-3-8(15)12(19)9(16)4-5;2*1-2-9-4-3-5-10(8-9)13-11(14)6-7-12(15)16;1-3-4-2;;;/h1-4,14-16,18-20H;2*1,3-8H,(H,13,14)(H,15,16);1,3-4H2,2H3;1H3;;/q;;;;;2*+3/p-6/b;2*7-6-;;;;. The van der Waals surface area contributed by atoms with Crippen LogP contribution in [0.1, 0.15) is 46.8 Å². The van der Waals surface area contributed by atoms with E-state index in [2.05, 4.69) is 22.5 Å². The van der Waals surface area contributed by atoms with Gasteiger partial charge in [-0.2, -0.15) is 0 Å². The summed E-state index contributed by atoms with van der Waals surface area (Å²) in [6, 6.07) is 18.1. The molecule has 0 saturated carbocycles. The van der Waals surface area contributed by atoms with Gasteiger partial charge < -0.3 is 0 Å². The molecule has 4 aromatic carbocycles. The Morgan fingerprint density at radius 1 is 0.729 bits per heavy atom. The summed E-state index contributed by atoms with van der Waals surface area (Å²) in [4.78, 5) is 65.7. The van der Waals surface area contributed by atoms with Crippen molar-refractivity contribution in [3.05, 3.63) is 119 Å². The molecule has 0 spiro atoms. The van der Waals surface area contributed by atoms with Gasteiger partial charge in [0, 0.05) is 0 Å². The number of phenols is 2. The molecule has 2 unspecified atom stereocenters. The van der Waals surface area contributed by atoms with Gasteiger partial charge in [0.05, 0.1) is 0 Å². The third kappa shape index (κ3) is 10.1. The van der Waals surface area contributed by atoms with E-state index in [1.807, 2.05) is 6.92 Å². The molecule has 2 aliphatic rings. The molecule has 0 fully saturated rings. The molecule has 59 heavy (non-hydrogen) atoms. The van der Waals surface area contributed by atoms with E-state index in [0.717, 1.165) is 30.4 Å². The summed E-state index contributed by atoms with van der Waals surface area (Å²) in [7, 11) is 0. The zero-order chi connectivity index (χ0) is 42.3. The zero-order valence-electron chi connectivity index (χ0n) is 31.4. The maximum absolute atomic E-state index is 13.8. The second kappa shape index (κ2) is 17.9. The average Bonchev–Trinajstić information content (AvgIpc) is 3.76. The molecule has 2 heterocycles. The molecule has 17 heteroatoms. The SMILES string of the molecule is C#Cc1cccc(NC(=O)/C=C\C(=O)[O][Sn]2([CH3])[O]c3cc(C(=O)c4ccc5c(c4O)[O][Sn]([CH2]CCC)([O]C(=O)/C=C\C(=O)Nc4cccc(C#C)c4)[O]5)cc(O)c3[O]2)c1. The Bertz CT molecular complexity index is 2540. The van der Waals surface area contributed by atoms with Crippen LogP contribution in [0.3, 0.4) is 0 Å². The van der Waals surface area contributed by atoms with Crippen LogP contribution in [0.5, 0.6) is 34.5 Å². The van der Waals surface area contributed by atoms with Crippen molar-refractivity contribution in [1.29, 1.82) is 0 Å². The first kappa shape index (κ1) is 42.0. The molecule has 0 saturated heterocycles. The second-order valence-electron chi connectivity index (χ2n) is 12.9. The van der Waals surface area contributed by atoms with E-state index in [9.17, 15) is 34.2 Å². The van der Waals surface area contributed by atoms with Crippen LogP contribution in [0, 0.1) is 24.7 Å². The summed E-state index contributed by atoms with van der Waals surface area (Å²) in [6.45, 7) is 1.91. The van der Waals surface area contributed by atoms with Crippen LogP contribution in [0.15, 0.2) is 97.1 Å². The fourth-order valence-corrected chi connectivity index (χ4v) is 18.0. The number of hydrogen-bond acceptors (Lipinski definition) is 13. The predicted molar refractivity (Wildman–Crippen MR) is 216 cm³/mol. The molecule has 4 N–H and O–H groups in total.